The van der Waals surface area contributed by atoms with Gasteiger partial charge >= 0.3 is 0 Å². The third kappa shape index (κ3) is 6.53. The van der Waals surface area contributed by atoms with Crippen LogP contribution in [0.4, 0.5) is 0 Å². The van der Waals surface area contributed by atoms with Crippen LogP contribution in [0.2, 0.25) is 0 Å². The Balaban J connectivity index is 2.51. The first kappa shape index (κ1) is 17.2. The van der Waals surface area contributed by atoms with Gasteiger partial charge in [-0.1, -0.05) is 25.1 Å². The summed E-state index contributed by atoms with van der Waals surface area (Å²) >= 11 is 0. The number of benzene rings is 1. The normalized spacial score (nSPS) is 12.6. The molecule has 2 nitrogen and oxygen atoms in total. The van der Waals surface area contributed by atoms with E-state index in [9.17, 15) is 0 Å². The topological polar surface area (TPSA) is 21.3 Å². The van der Waals surface area contributed by atoms with Crippen LogP contribution in [0.1, 0.15) is 49.8 Å². The molecule has 1 N–H and O–H groups in total. The Kier molecular flexibility index (Phi) is 8.56. The number of aryl methyl sites for hydroxylation is 2. The fraction of sp³-hybridized carbons (Fsp3) is 0.667. The van der Waals surface area contributed by atoms with E-state index in [1.54, 1.807) is 0 Å². The van der Waals surface area contributed by atoms with Gasteiger partial charge in [0.2, 0.25) is 0 Å². The van der Waals surface area contributed by atoms with Gasteiger partial charge < -0.3 is 10.1 Å². The van der Waals surface area contributed by atoms with E-state index >= 15 is 0 Å². The summed E-state index contributed by atoms with van der Waals surface area (Å²) in [4.78, 5) is 0. The van der Waals surface area contributed by atoms with Crippen LogP contribution in [0, 0.1) is 13.8 Å². The molecule has 1 aromatic carbocycles. The third-order valence-corrected chi connectivity index (χ3v) is 3.78. The van der Waals surface area contributed by atoms with Crippen molar-refractivity contribution in [3.05, 3.63) is 34.9 Å². The van der Waals surface area contributed by atoms with Crippen molar-refractivity contribution >= 4 is 0 Å². The van der Waals surface area contributed by atoms with Crippen LogP contribution in [0.5, 0.6) is 0 Å². The maximum Gasteiger partial charge on any atom is 0.0466 e. The molecular weight excluding hydrogens is 246 g/mol. The first-order valence-electron chi connectivity index (χ1n) is 8.04. The number of hydrogen-bond donors (Lipinski definition) is 1. The smallest absolute Gasteiger partial charge is 0.0466 e. The van der Waals surface area contributed by atoms with Crippen molar-refractivity contribution in [1.29, 1.82) is 0 Å². The minimum absolute atomic E-state index is 0.567. The average Bonchev–Trinajstić information content (AvgIpc) is 2.44. The zero-order valence-electron chi connectivity index (χ0n) is 13.7. The summed E-state index contributed by atoms with van der Waals surface area (Å²) in [6.45, 7) is 11.5. The van der Waals surface area contributed by atoms with E-state index < -0.39 is 0 Å². The molecule has 0 saturated carbocycles. The lowest BCUT2D eigenvalue weighted by Gasteiger charge is -2.19. The fourth-order valence-corrected chi connectivity index (χ4v) is 2.42. The van der Waals surface area contributed by atoms with Gasteiger partial charge in [0.1, 0.15) is 0 Å². The fourth-order valence-electron chi connectivity index (χ4n) is 2.42. The molecule has 0 amide bonds. The molecule has 0 aliphatic carbocycles. The van der Waals surface area contributed by atoms with E-state index in [2.05, 4.69) is 51.2 Å². The summed E-state index contributed by atoms with van der Waals surface area (Å²) in [5.74, 6) is 0. The Morgan fingerprint density at radius 2 is 1.95 bits per heavy atom. The van der Waals surface area contributed by atoms with E-state index in [4.69, 9.17) is 4.74 Å². The second kappa shape index (κ2) is 9.95. The van der Waals surface area contributed by atoms with Gasteiger partial charge in [-0.3, -0.25) is 0 Å². The molecule has 1 atom stereocenters. The first-order chi connectivity index (χ1) is 9.67. The van der Waals surface area contributed by atoms with Gasteiger partial charge in [-0.25, -0.2) is 0 Å². The van der Waals surface area contributed by atoms with Crippen molar-refractivity contribution in [2.45, 2.75) is 59.4 Å². The average molecular weight is 277 g/mol. The van der Waals surface area contributed by atoms with E-state index in [1.165, 1.54) is 29.5 Å². The number of ether oxygens (including phenoxy) is 1. The summed E-state index contributed by atoms with van der Waals surface area (Å²) in [5, 5.41) is 3.67. The maximum atomic E-state index is 5.45. The van der Waals surface area contributed by atoms with Crippen molar-refractivity contribution in [3.63, 3.8) is 0 Å². The molecule has 114 valence electrons. The van der Waals surface area contributed by atoms with Gasteiger partial charge in [-0.05, 0) is 69.7 Å². The highest BCUT2D eigenvalue weighted by Gasteiger charge is 2.09. The number of rotatable bonds is 10. The van der Waals surface area contributed by atoms with Crippen molar-refractivity contribution in [1.82, 2.24) is 5.32 Å². The van der Waals surface area contributed by atoms with Crippen LogP contribution in [-0.2, 0) is 11.2 Å². The highest BCUT2D eigenvalue weighted by molar-refractivity contribution is 5.30. The lowest BCUT2D eigenvalue weighted by atomic mass is 9.98. The standard InChI is InChI=1S/C18H31NO/c1-5-11-19-18(8-7-12-20-6-2)14-17-10-9-15(3)16(4)13-17/h9-10,13,18-19H,5-8,11-12,14H2,1-4H3. The minimum atomic E-state index is 0.567. The highest BCUT2D eigenvalue weighted by atomic mass is 16.5. The predicted octanol–water partition coefficient (Wildman–Crippen LogP) is 4.03. The molecule has 1 aromatic rings. The molecule has 1 unspecified atom stereocenters. The van der Waals surface area contributed by atoms with Crippen LogP contribution in [0.25, 0.3) is 0 Å². The van der Waals surface area contributed by atoms with Crippen LogP contribution in [0.15, 0.2) is 18.2 Å². The van der Waals surface area contributed by atoms with Gasteiger partial charge in [0, 0.05) is 19.3 Å². The summed E-state index contributed by atoms with van der Waals surface area (Å²) in [7, 11) is 0. The molecule has 0 aliphatic rings. The van der Waals surface area contributed by atoms with Crippen LogP contribution >= 0.6 is 0 Å². The summed E-state index contributed by atoms with van der Waals surface area (Å²) in [6, 6.07) is 7.41. The van der Waals surface area contributed by atoms with Gasteiger partial charge in [-0.15, -0.1) is 0 Å². The maximum absolute atomic E-state index is 5.45. The molecule has 1 rings (SSSR count). The minimum Gasteiger partial charge on any atom is -0.382 e. The second-order valence-electron chi connectivity index (χ2n) is 5.61. The summed E-state index contributed by atoms with van der Waals surface area (Å²) in [5.41, 5.74) is 4.22. The molecule has 0 fully saturated rings. The Hall–Kier alpha value is -0.860. The zero-order valence-corrected chi connectivity index (χ0v) is 13.7. The van der Waals surface area contributed by atoms with E-state index in [1.807, 2.05) is 0 Å². The molecule has 0 radical (unpaired) electrons. The van der Waals surface area contributed by atoms with Crippen LogP contribution < -0.4 is 5.32 Å². The molecule has 0 heterocycles. The Labute approximate surface area is 124 Å². The largest absolute Gasteiger partial charge is 0.382 e. The predicted molar refractivity (Wildman–Crippen MR) is 87.4 cm³/mol. The van der Waals surface area contributed by atoms with E-state index in [0.717, 1.165) is 32.6 Å². The first-order valence-corrected chi connectivity index (χ1v) is 8.04. The van der Waals surface area contributed by atoms with Gasteiger partial charge in [0.05, 0.1) is 0 Å². The van der Waals surface area contributed by atoms with Crippen molar-refractivity contribution in [2.75, 3.05) is 19.8 Å². The quantitative estimate of drug-likeness (QED) is 0.652. The SMILES string of the molecule is CCCNC(CCCOCC)Cc1ccc(C)c(C)c1. The van der Waals surface area contributed by atoms with Gasteiger partial charge in [-0.2, -0.15) is 0 Å². The summed E-state index contributed by atoms with van der Waals surface area (Å²) in [6.07, 6.45) is 4.63. The van der Waals surface area contributed by atoms with E-state index in [-0.39, 0.29) is 0 Å². The third-order valence-electron chi connectivity index (χ3n) is 3.78. The molecule has 0 saturated heterocycles. The van der Waals surface area contributed by atoms with E-state index in [0.29, 0.717) is 6.04 Å². The Morgan fingerprint density at radius 3 is 2.60 bits per heavy atom. The van der Waals surface area contributed by atoms with Crippen molar-refractivity contribution in [3.8, 4) is 0 Å². The molecule has 0 spiro atoms. The Bertz CT molecular complexity index is 376. The number of hydrogen-bond acceptors (Lipinski definition) is 2. The van der Waals surface area contributed by atoms with Gasteiger partial charge in [0.25, 0.3) is 0 Å². The zero-order chi connectivity index (χ0) is 14.8. The van der Waals surface area contributed by atoms with Crippen molar-refractivity contribution in [2.24, 2.45) is 0 Å². The molecular formula is C18H31NO. The summed E-state index contributed by atoms with van der Waals surface area (Å²) < 4.78 is 5.45. The number of nitrogens with one attached hydrogen (secondary N) is 1. The molecule has 0 aliphatic heterocycles. The lowest BCUT2D eigenvalue weighted by Crippen LogP contribution is -2.32. The van der Waals surface area contributed by atoms with Crippen LogP contribution in [-0.4, -0.2) is 25.8 Å². The Morgan fingerprint density at radius 1 is 1.15 bits per heavy atom. The lowest BCUT2D eigenvalue weighted by molar-refractivity contribution is 0.140. The molecule has 0 bridgehead atoms. The van der Waals surface area contributed by atoms with Gasteiger partial charge in [0.15, 0.2) is 0 Å². The molecule has 0 aromatic heterocycles. The monoisotopic (exact) mass is 277 g/mol. The molecule has 20 heavy (non-hydrogen) atoms. The molecule has 2 heteroatoms. The highest BCUT2D eigenvalue weighted by Crippen LogP contribution is 2.13. The van der Waals surface area contributed by atoms with Crippen LogP contribution in [0.3, 0.4) is 0 Å². The second-order valence-corrected chi connectivity index (χ2v) is 5.61. The van der Waals surface area contributed by atoms with Crippen molar-refractivity contribution < 1.29 is 4.74 Å².